The van der Waals surface area contributed by atoms with E-state index in [1.54, 1.807) is 4.90 Å². The summed E-state index contributed by atoms with van der Waals surface area (Å²) in [4.78, 5) is 45.4. The lowest BCUT2D eigenvalue weighted by atomic mass is 9.75. The summed E-state index contributed by atoms with van der Waals surface area (Å²) in [6.07, 6.45) is 4.02. The van der Waals surface area contributed by atoms with E-state index in [4.69, 9.17) is 9.26 Å². The van der Waals surface area contributed by atoms with Gasteiger partial charge in [-0.1, -0.05) is 39.8 Å². The molecule has 1 N–H and O–H groups in total. The van der Waals surface area contributed by atoms with Gasteiger partial charge >= 0.3 is 0 Å². The van der Waals surface area contributed by atoms with Crippen LogP contribution >= 0.6 is 0 Å². The minimum absolute atomic E-state index is 0.0471. The van der Waals surface area contributed by atoms with E-state index in [0.29, 0.717) is 50.9 Å². The minimum atomic E-state index is -0.769. The number of ketones is 1. The van der Waals surface area contributed by atoms with Crippen LogP contribution in [0.4, 0.5) is 0 Å². The molecule has 9 nitrogen and oxygen atoms in total. The molecule has 1 saturated heterocycles. The molecule has 0 spiro atoms. The molecule has 9 heteroatoms. The monoisotopic (exact) mass is 476 g/mol. The average Bonchev–Trinajstić information content (AvgIpc) is 3.52. The molecule has 190 valence electrons. The third-order valence-electron chi connectivity index (χ3n) is 6.55. The van der Waals surface area contributed by atoms with Gasteiger partial charge in [0.15, 0.2) is 5.82 Å². The van der Waals surface area contributed by atoms with Crippen LogP contribution in [0.15, 0.2) is 4.52 Å². The van der Waals surface area contributed by atoms with E-state index in [1.807, 2.05) is 6.92 Å². The molecular formula is C25H40N4O5. The van der Waals surface area contributed by atoms with Gasteiger partial charge in [-0.15, -0.1) is 0 Å². The molecule has 2 aliphatic rings. The number of Topliss-reactive ketones (excluding diaryl/α,β-unsaturated/α-hetero) is 1. The molecule has 1 aliphatic carbocycles. The lowest BCUT2D eigenvalue weighted by Gasteiger charge is -2.33. The molecule has 2 heterocycles. The zero-order valence-electron chi connectivity index (χ0n) is 21.3. The van der Waals surface area contributed by atoms with Crippen LogP contribution in [0.25, 0.3) is 0 Å². The summed E-state index contributed by atoms with van der Waals surface area (Å²) in [5, 5.41) is 6.81. The van der Waals surface area contributed by atoms with Crippen molar-refractivity contribution in [1.29, 1.82) is 0 Å². The van der Waals surface area contributed by atoms with E-state index in [-0.39, 0.29) is 41.2 Å². The lowest BCUT2D eigenvalue weighted by Crippen LogP contribution is -2.47. The number of carbonyl (C=O) groups is 3. The standard InChI is InChI=1S/C25H40N4O5/c1-6-19(21(31)24-27-22(28-34-24)17-7-8-17)26-23(32)18(15-25(4,5)14-16(2)3)13-20(30)29-9-11-33-12-10-29/h16-19H,6-15H2,1-5H3,(H,26,32)/t18-,19-/m0/s1. The fraction of sp³-hybridized carbons (Fsp3) is 0.800. The van der Waals surface area contributed by atoms with Gasteiger partial charge in [0.25, 0.3) is 5.89 Å². The van der Waals surface area contributed by atoms with Crippen LogP contribution in [0.3, 0.4) is 0 Å². The van der Waals surface area contributed by atoms with Gasteiger partial charge in [0, 0.05) is 31.3 Å². The number of morpholine rings is 1. The highest BCUT2D eigenvalue weighted by Crippen LogP contribution is 2.38. The molecular weight excluding hydrogens is 436 g/mol. The van der Waals surface area contributed by atoms with Crippen LogP contribution in [0.5, 0.6) is 0 Å². The Morgan fingerprint density at radius 1 is 1.15 bits per heavy atom. The van der Waals surface area contributed by atoms with Crippen LogP contribution in [-0.4, -0.2) is 65.0 Å². The van der Waals surface area contributed by atoms with Crippen molar-refractivity contribution in [3.8, 4) is 0 Å². The van der Waals surface area contributed by atoms with E-state index in [2.05, 4.69) is 43.2 Å². The fourth-order valence-electron chi connectivity index (χ4n) is 4.90. The zero-order valence-corrected chi connectivity index (χ0v) is 21.3. The van der Waals surface area contributed by atoms with E-state index in [1.165, 1.54) is 0 Å². The summed E-state index contributed by atoms with van der Waals surface area (Å²) in [6.45, 7) is 12.5. The molecule has 0 radical (unpaired) electrons. The Morgan fingerprint density at radius 3 is 2.41 bits per heavy atom. The van der Waals surface area contributed by atoms with Gasteiger partial charge in [-0.3, -0.25) is 14.4 Å². The first-order chi connectivity index (χ1) is 16.1. The number of nitrogens with one attached hydrogen (secondary N) is 1. The molecule has 0 aromatic carbocycles. The second kappa shape index (κ2) is 11.4. The Hall–Kier alpha value is -2.29. The Bertz CT molecular complexity index is 855. The van der Waals surface area contributed by atoms with Gasteiger partial charge in [-0.2, -0.15) is 4.98 Å². The van der Waals surface area contributed by atoms with Crippen molar-refractivity contribution in [2.75, 3.05) is 26.3 Å². The summed E-state index contributed by atoms with van der Waals surface area (Å²) >= 11 is 0. The van der Waals surface area contributed by atoms with Gasteiger partial charge in [0.2, 0.25) is 17.6 Å². The first-order valence-corrected chi connectivity index (χ1v) is 12.6. The number of ether oxygens (including phenoxy) is 1. The number of carbonyl (C=O) groups excluding carboxylic acids is 3. The third-order valence-corrected chi connectivity index (χ3v) is 6.55. The van der Waals surface area contributed by atoms with Gasteiger partial charge in [-0.05, 0) is 43.4 Å². The van der Waals surface area contributed by atoms with Crippen LogP contribution in [0.1, 0.15) is 95.6 Å². The highest BCUT2D eigenvalue weighted by atomic mass is 16.5. The fourth-order valence-corrected chi connectivity index (χ4v) is 4.90. The Balaban J connectivity index is 1.70. The maximum Gasteiger partial charge on any atom is 0.296 e. The van der Waals surface area contributed by atoms with Gasteiger partial charge < -0.3 is 19.5 Å². The number of amides is 2. The number of nitrogens with zero attached hydrogens (tertiary/aromatic N) is 3. The molecule has 1 aromatic rings. The van der Waals surface area contributed by atoms with E-state index < -0.39 is 12.0 Å². The van der Waals surface area contributed by atoms with Crippen LogP contribution in [-0.2, 0) is 14.3 Å². The van der Waals surface area contributed by atoms with Gasteiger partial charge in [0.1, 0.15) is 0 Å². The smallest absolute Gasteiger partial charge is 0.296 e. The quantitative estimate of drug-likeness (QED) is 0.460. The Kier molecular flexibility index (Phi) is 8.84. The SMILES string of the molecule is CC[C@H](NC(=O)[C@@H](CC(=O)N1CCOCC1)CC(C)(C)CC(C)C)C(=O)c1nc(C2CC2)no1. The van der Waals surface area contributed by atoms with Crippen molar-refractivity contribution >= 4 is 17.6 Å². The first kappa shape index (κ1) is 26.3. The second-order valence-electron chi connectivity index (χ2n) is 10.9. The molecule has 2 amide bonds. The summed E-state index contributed by atoms with van der Waals surface area (Å²) in [6, 6.07) is -0.769. The highest BCUT2D eigenvalue weighted by molar-refractivity contribution is 5.99. The van der Waals surface area contributed by atoms with Crippen molar-refractivity contribution in [3.63, 3.8) is 0 Å². The van der Waals surface area contributed by atoms with Crippen LogP contribution in [0.2, 0.25) is 0 Å². The number of hydrogen-bond acceptors (Lipinski definition) is 7. The van der Waals surface area contributed by atoms with Crippen molar-refractivity contribution in [1.82, 2.24) is 20.4 Å². The Labute approximate surface area is 202 Å². The van der Waals surface area contributed by atoms with E-state index >= 15 is 0 Å². The number of rotatable bonds is 12. The summed E-state index contributed by atoms with van der Waals surface area (Å²) in [5.74, 6) is 0.0138. The van der Waals surface area contributed by atoms with Crippen molar-refractivity contribution in [2.24, 2.45) is 17.3 Å². The molecule has 1 saturated carbocycles. The van der Waals surface area contributed by atoms with Crippen LogP contribution in [0, 0.1) is 17.3 Å². The predicted octanol–water partition coefficient (Wildman–Crippen LogP) is 3.35. The molecule has 34 heavy (non-hydrogen) atoms. The lowest BCUT2D eigenvalue weighted by molar-refractivity contribution is -0.140. The molecule has 3 rings (SSSR count). The van der Waals surface area contributed by atoms with Gasteiger partial charge in [0.05, 0.1) is 19.3 Å². The highest BCUT2D eigenvalue weighted by Gasteiger charge is 2.35. The van der Waals surface area contributed by atoms with Crippen molar-refractivity contribution < 1.29 is 23.6 Å². The van der Waals surface area contributed by atoms with E-state index in [0.717, 1.165) is 19.3 Å². The summed E-state index contributed by atoms with van der Waals surface area (Å²) < 4.78 is 10.5. The minimum Gasteiger partial charge on any atom is -0.378 e. The first-order valence-electron chi connectivity index (χ1n) is 12.6. The molecule has 1 aromatic heterocycles. The maximum atomic E-state index is 13.4. The Morgan fingerprint density at radius 2 is 1.82 bits per heavy atom. The summed E-state index contributed by atoms with van der Waals surface area (Å²) in [5.41, 5.74) is -0.126. The average molecular weight is 477 g/mol. The topological polar surface area (TPSA) is 115 Å². The second-order valence-corrected chi connectivity index (χ2v) is 10.9. The van der Waals surface area contributed by atoms with E-state index in [9.17, 15) is 14.4 Å². The molecule has 0 bridgehead atoms. The van der Waals surface area contributed by atoms with Crippen molar-refractivity contribution in [3.05, 3.63) is 11.7 Å². The molecule has 1 aliphatic heterocycles. The molecule has 2 fully saturated rings. The summed E-state index contributed by atoms with van der Waals surface area (Å²) in [7, 11) is 0. The number of aromatic nitrogens is 2. The molecule has 2 atom stereocenters. The maximum absolute atomic E-state index is 13.4. The molecule has 0 unspecified atom stereocenters. The normalized spacial score (nSPS) is 18.6. The van der Waals surface area contributed by atoms with Crippen LogP contribution < -0.4 is 5.32 Å². The van der Waals surface area contributed by atoms with Gasteiger partial charge in [-0.25, -0.2) is 0 Å². The van der Waals surface area contributed by atoms with Crippen molar-refractivity contribution in [2.45, 2.75) is 85.1 Å². The largest absolute Gasteiger partial charge is 0.378 e. The number of hydrogen-bond donors (Lipinski definition) is 1. The zero-order chi connectivity index (χ0) is 24.9. The predicted molar refractivity (Wildman–Crippen MR) is 126 cm³/mol. The third kappa shape index (κ3) is 7.35.